The molecule has 2 atom stereocenters. The summed E-state index contributed by atoms with van der Waals surface area (Å²) in [4.78, 5) is 15.7. The number of carbonyl (C=O) groups excluding carboxylic acids is 1. The summed E-state index contributed by atoms with van der Waals surface area (Å²) in [6.45, 7) is 0.706. The van der Waals surface area contributed by atoms with Crippen LogP contribution in [0.2, 0.25) is 0 Å². The van der Waals surface area contributed by atoms with E-state index in [1.807, 2.05) is 11.9 Å². The maximum atomic E-state index is 12.3. The number of aryl methyl sites for hydroxylation is 1. The van der Waals surface area contributed by atoms with Crippen molar-refractivity contribution >= 4 is 17.2 Å². The molecule has 0 aliphatic heterocycles. The van der Waals surface area contributed by atoms with E-state index in [9.17, 15) is 4.79 Å². The van der Waals surface area contributed by atoms with Gasteiger partial charge in [0.05, 0.1) is 0 Å². The lowest BCUT2D eigenvalue weighted by Crippen LogP contribution is -2.45. The van der Waals surface area contributed by atoms with Crippen molar-refractivity contribution in [3.05, 3.63) is 22.4 Å². The molecule has 20 heavy (non-hydrogen) atoms. The second kappa shape index (κ2) is 7.79. The Kier molecular flexibility index (Phi) is 6.05. The molecule has 1 aromatic rings. The molecule has 1 aromatic heterocycles. The third-order valence-electron chi connectivity index (χ3n) is 4.46. The third-order valence-corrected chi connectivity index (χ3v) is 5.39. The monoisotopic (exact) mass is 294 g/mol. The summed E-state index contributed by atoms with van der Waals surface area (Å²) in [5.74, 6) is 0.780. The quantitative estimate of drug-likeness (QED) is 0.876. The third kappa shape index (κ3) is 4.06. The second-order valence-corrected chi connectivity index (χ2v) is 6.82. The normalized spacial score (nSPS) is 22.7. The van der Waals surface area contributed by atoms with E-state index in [0.29, 0.717) is 24.9 Å². The van der Waals surface area contributed by atoms with Crippen molar-refractivity contribution < 1.29 is 4.79 Å². The number of rotatable bonds is 6. The number of thiophene rings is 1. The van der Waals surface area contributed by atoms with Crippen molar-refractivity contribution in [2.75, 3.05) is 13.6 Å². The van der Waals surface area contributed by atoms with Gasteiger partial charge in [-0.25, -0.2) is 0 Å². The Labute approximate surface area is 126 Å². The zero-order valence-electron chi connectivity index (χ0n) is 12.4. The molecular weight excluding hydrogens is 268 g/mol. The van der Waals surface area contributed by atoms with E-state index in [2.05, 4.69) is 17.5 Å². The van der Waals surface area contributed by atoms with Crippen molar-refractivity contribution in [1.29, 1.82) is 0 Å². The molecule has 1 amide bonds. The molecule has 2 unspecified atom stereocenters. The minimum absolute atomic E-state index is 0.284. The van der Waals surface area contributed by atoms with Gasteiger partial charge < -0.3 is 10.6 Å². The van der Waals surface area contributed by atoms with Crippen LogP contribution in [0.25, 0.3) is 0 Å². The minimum atomic E-state index is 0.284. The zero-order valence-corrected chi connectivity index (χ0v) is 13.2. The van der Waals surface area contributed by atoms with E-state index in [-0.39, 0.29) is 5.91 Å². The fourth-order valence-corrected chi connectivity index (χ4v) is 3.95. The predicted octanol–water partition coefficient (Wildman–Crippen LogP) is 3.05. The van der Waals surface area contributed by atoms with Gasteiger partial charge in [0.2, 0.25) is 5.91 Å². The highest BCUT2D eigenvalue weighted by Gasteiger charge is 2.29. The van der Waals surface area contributed by atoms with Crippen LogP contribution >= 0.6 is 11.3 Å². The Bertz CT molecular complexity index is 405. The zero-order chi connectivity index (χ0) is 14.4. The SMILES string of the molecule is CN(C(=O)CCCc1cccs1)C1CCCCC1CN. The summed E-state index contributed by atoms with van der Waals surface area (Å²) in [5.41, 5.74) is 5.86. The maximum Gasteiger partial charge on any atom is 0.222 e. The number of hydrogen-bond donors (Lipinski definition) is 1. The van der Waals surface area contributed by atoms with Crippen molar-refractivity contribution in [2.45, 2.75) is 51.0 Å². The largest absolute Gasteiger partial charge is 0.342 e. The fraction of sp³-hybridized carbons (Fsp3) is 0.688. The molecule has 1 saturated carbocycles. The summed E-state index contributed by atoms with van der Waals surface area (Å²) < 4.78 is 0. The number of nitrogens with zero attached hydrogens (tertiary/aromatic N) is 1. The van der Waals surface area contributed by atoms with Gasteiger partial charge in [-0.3, -0.25) is 4.79 Å². The Morgan fingerprint density at radius 1 is 1.45 bits per heavy atom. The first-order valence-corrected chi connectivity index (χ1v) is 8.58. The number of carbonyl (C=O) groups is 1. The van der Waals surface area contributed by atoms with Crippen molar-refractivity contribution in [3.63, 3.8) is 0 Å². The predicted molar refractivity (Wildman–Crippen MR) is 84.8 cm³/mol. The summed E-state index contributed by atoms with van der Waals surface area (Å²) >= 11 is 1.77. The van der Waals surface area contributed by atoms with Gasteiger partial charge in [0.15, 0.2) is 0 Å². The molecule has 4 heteroatoms. The van der Waals surface area contributed by atoms with Crippen molar-refractivity contribution in [1.82, 2.24) is 4.90 Å². The highest BCUT2D eigenvalue weighted by Crippen LogP contribution is 2.27. The number of amides is 1. The van der Waals surface area contributed by atoms with Crippen molar-refractivity contribution in [3.8, 4) is 0 Å². The Morgan fingerprint density at radius 2 is 2.25 bits per heavy atom. The van der Waals surface area contributed by atoms with E-state index in [1.54, 1.807) is 11.3 Å². The molecule has 0 aromatic carbocycles. The van der Waals surface area contributed by atoms with Crippen LogP contribution in [0.1, 0.15) is 43.4 Å². The lowest BCUT2D eigenvalue weighted by atomic mass is 9.83. The lowest BCUT2D eigenvalue weighted by Gasteiger charge is -2.37. The first-order valence-electron chi connectivity index (χ1n) is 7.70. The van der Waals surface area contributed by atoms with E-state index in [1.165, 1.54) is 24.1 Å². The summed E-state index contributed by atoms with van der Waals surface area (Å²) in [7, 11) is 1.96. The molecular formula is C16H26N2OS. The van der Waals surface area contributed by atoms with Crippen LogP contribution in [-0.4, -0.2) is 30.4 Å². The molecule has 1 heterocycles. The maximum absolute atomic E-state index is 12.3. The van der Waals surface area contributed by atoms with Gasteiger partial charge in [-0.05, 0) is 49.6 Å². The van der Waals surface area contributed by atoms with Crippen molar-refractivity contribution in [2.24, 2.45) is 11.7 Å². The molecule has 0 radical (unpaired) electrons. The highest BCUT2D eigenvalue weighted by atomic mass is 32.1. The van der Waals surface area contributed by atoms with Gasteiger partial charge in [-0.2, -0.15) is 0 Å². The number of hydrogen-bond acceptors (Lipinski definition) is 3. The van der Waals surface area contributed by atoms with Crippen LogP contribution in [0.5, 0.6) is 0 Å². The van der Waals surface area contributed by atoms with Gasteiger partial charge in [0, 0.05) is 24.4 Å². The van der Waals surface area contributed by atoms with Gasteiger partial charge in [0.25, 0.3) is 0 Å². The molecule has 2 N–H and O–H groups in total. The van der Waals surface area contributed by atoms with E-state index in [4.69, 9.17) is 5.73 Å². The lowest BCUT2D eigenvalue weighted by molar-refractivity contribution is -0.133. The van der Waals surface area contributed by atoms with Crippen LogP contribution in [0.4, 0.5) is 0 Å². The smallest absolute Gasteiger partial charge is 0.222 e. The molecule has 1 fully saturated rings. The van der Waals surface area contributed by atoms with Gasteiger partial charge in [0.1, 0.15) is 0 Å². The molecule has 1 aliphatic carbocycles. The average molecular weight is 294 g/mol. The first kappa shape index (κ1) is 15.5. The van der Waals surface area contributed by atoms with Crippen LogP contribution in [0.15, 0.2) is 17.5 Å². The van der Waals surface area contributed by atoms with Crippen LogP contribution in [-0.2, 0) is 11.2 Å². The Morgan fingerprint density at radius 3 is 2.95 bits per heavy atom. The minimum Gasteiger partial charge on any atom is -0.342 e. The molecule has 0 bridgehead atoms. The highest BCUT2D eigenvalue weighted by molar-refractivity contribution is 7.09. The molecule has 3 nitrogen and oxygen atoms in total. The molecule has 112 valence electrons. The molecule has 0 spiro atoms. The molecule has 0 saturated heterocycles. The Hall–Kier alpha value is -0.870. The van der Waals surface area contributed by atoms with E-state index in [0.717, 1.165) is 19.3 Å². The average Bonchev–Trinajstić information content (AvgIpc) is 2.99. The topological polar surface area (TPSA) is 46.3 Å². The van der Waals surface area contributed by atoms with E-state index < -0.39 is 0 Å². The van der Waals surface area contributed by atoms with Gasteiger partial charge >= 0.3 is 0 Å². The van der Waals surface area contributed by atoms with Crippen LogP contribution in [0, 0.1) is 5.92 Å². The summed E-state index contributed by atoms with van der Waals surface area (Å²) in [6, 6.07) is 4.58. The standard InChI is InChI=1S/C16H26N2OS/c1-18(15-9-3-2-6-13(15)12-17)16(19)10-4-7-14-8-5-11-20-14/h5,8,11,13,15H,2-4,6-7,9-10,12,17H2,1H3. The van der Waals surface area contributed by atoms with Crippen LogP contribution < -0.4 is 5.73 Å². The van der Waals surface area contributed by atoms with E-state index >= 15 is 0 Å². The Balaban J connectivity index is 1.78. The molecule has 2 rings (SSSR count). The fourth-order valence-electron chi connectivity index (χ4n) is 3.20. The van der Waals surface area contributed by atoms with Crippen LogP contribution in [0.3, 0.4) is 0 Å². The summed E-state index contributed by atoms with van der Waals surface area (Å²) in [6.07, 6.45) is 7.41. The number of nitrogens with two attached hydrogens (primary N) is 1. The van der Waals surface area contributed by atoms with Gasteiger partial charge in [-0.1, -0.05) is 18.9 Å². The summed E-state index contributed by atoms with van der Waals surface area (Å²) in [5, 5.41) is 2.09. The molecule has 1 aliphatic rings. The van der Waals surface area contributed by atoms with Gasteiger partial charge in [-0.15, -0.1) is 11.3 Å². The second-order valence-electron chi connectivity index (χ2n) is 5.79. The first-order chi connectivity index (χ1) is 9.72.